The van der Waals surface area contributed by atoms with E-state index in [-0.39, 0.29) is 0 Å². The van der Waals surface area contributed by atoms with Crippen LogP contribution in [0.4, 0.5) is 0 Å². The van der Waals surface area contributed by atoms with Crippen molar-refractivity contribution >= 4 is 108 Å². The zero-order valence-corrected chi connectivity index (χ0v) is 21.9. The molecule has 0 radical (unpaired) electrons. The minimum absolute atomic E-state index is 0.774. The molecule has 0 saturated heterocycles. The summed E-state index contributed by atoms with van der Waals surface area (Å²) in [6, 6.07) is 0. The van der Waals surface area contributed by atoms with Crippen molar-refractivity contribution in [2.75, 3.05) is 74.8 Å². The summed E-state index contributed by atoms with van der Waals surface area (Å²) in [4.78, 5) is 0. The summed E-state index contributed by atoms with van der Waals surface area (Å²) in [5.41, 5.74) is 0. The lowest BCUT2D eigenvalue weighted by atomic mass is 10.6. The first-order chi connectivity index (χ1) is 11.8. The molecular weight excluding hydrogens is 469 g/mol. The van der Waals surface area contributed by atoms with Gasteiger partial charge >= 0.3 is 0 Å². The van der Waals surface area contributed by atoms with Gasteiger partial charge in [-0.3, -0.25) is 0 Å². The van der Waals surface area contributed by atoms with Crippen LogP contribution in [-0.4, -0.2) is 79.4 Å². The number of thioether (sulfide) groups is 6. The molecule has 0 atom stereocenters. The average Bonchev–Trinajstić information content (AvgIpc) is 2.59. The van der Waals surface area contributed by atoms with Crippen LogP contribution < -0.4 is 0 Å². The van der Waals surface area contributed by atoms with Gasteiger partial charge < -0.3 is 0 Å². The van der Waals surface area contributed by atoms with E-state index in [4.69, 9.17) is 0 Å². The number of hydrogen-bond donors (Lipinski definition) is 3. The lowest BCUT2D eigenvalue weighted by molar-refractivity contribution is 1.07. The van der Waals surface area contributed by atoms with E-state index >= 15 is 0 Å². The Morgan fingerprint density at radius 1 is 0.458 bits per heavy atom. The van der Waals surface area contributed by atoms with E-state index in [9.17, 15) is 0 Å². The van der Waals surface area contributed by atoms with Gasteiger partial charge in [0.05, 0.1) is 4.58 Å². The molecule has 0 aromatic carbocycles. The summed E-state index contributed by atoms with van der Waals surface area (Å²) in [7, 11) is 0. The van der Waals surface area contributed by atoms with Gasteiger partial charge in [-0.1, -0.05) is 0 Å². The molecule has 0 aliphatic heterocycles. The summed E-state index contributed by atoms with van der Waals surface area (Å²) in [6.45, 7) is 0. The van der Waals surface area contributed by atoms with Crippen LogP contribution in [0.3, 0.4) is 0 Å². The fourth-order valence-electron chi connectivity index (χ4n) is 1.59. The first-order valence-corrected chi connectivity index (χ1v) is 16.8. The van der Waals surface area contributed by atoms with Gasteiger partial charge in [0, 0.05) is 51.8 Å². The third-order valence-corrected chi connectivity index (χ3v) is 11.9. The Balaban J connectivity index is 3.72. The maximum Gasteiger partial charge on any atom is 0.0510 e. The highest BCUT2D eigenvalue weighted by molar-refractivity contribution is 8.17. The second kappa shape index (κ2) is 24.2. The zero-order valence-electron chi connectivity index (χ0n) is 14.3. The second-order valence-electron chi connectivity index (χ2n) is 4.58. The second-order valence-corrected chi connectivity index (χ2v) is 13.7. The van der Waals surface area contributed by atoms with E-state index in [0.29, 0.717) is 0 Å². The van der Waals surface area contributed by atoms with Crippen molar-refractivity contribution in [1.82, 2.24) is 0 Å². The fraction of sp³-hybridized carbons (Fsp3) is 1.00. The first kappa shape index (κ1) is 27.1. The van der Waals surface area contributed by atoms with Crippen LogP contribution in [0.2, 0.25) is 0 Å². The molecule has 0 fully saturated rings. The van der Waals surface area contributed by atoms with Crippen molar-refractivity contribution in [3.05, 3.63) is 0 Å². The van der Waals surface area contributed by atoms with E-state index in [2.05, 4.69) is 73.2 Å². The Hall–Kier alpha value is 3.15. The zero-order chi connectivity index (χ0) is 17.7. The molecular formula is C15H32S9. The molecule has 0 spiro atoms. The normalized spacial score (nSPS) is 11.5. The third kappa shape index (κ3) is 21.5. The first-order valence-electron chi connectivity index (χ1n) is 8.22. The molecule has 0 heterocycles. The Kier molecular flexibility index (Phi) is 27.4. The van der Waals surface area contributed by atoms with Crippen LogP contribution in [0.15, 0.2) is 0 Å². The van der Waals surface area contributed by atoms with Crippen LogP contribution in [0.5, 0.6) is 0 Å². The highest BCUT2D eigenvalue weighted by Gasteiger charge is 2.10. The summed E-state index contributed by atoms with van der Waals surface area (Å²) in [5.74, 6) is 15.5. The molecule has 146 valence electrons. The van der Waals surface area contributed by atoms with Gasteiger partial charge in [-0.25, -0.2) is 0 Å². The average molecular weight is 501 g/mol. The van der Waals surface area contributed by atoms with Gasteiger partial charge in [-0.15, -0.1) is 23.5 Å². The monoisotopic (exact) mass is 500 g/mol. The van der Waals surface area contributed by atoms with Crippen molar-refractivity contribution < 1.29 is 0 Å². The maximum atomic E-state index is 4.28. The molecule has 0 nitrogen and oxygen atoms in total. The van der Waals surface area contributed by atoms with Crippen molar-refractivity contribution in [3.8, 4) is 0 Å². The highest BCUT2D eigenvalue weighted by atomic mass is 32.2. The van der Waals surface area contributed by atoms with Crippen molar-refractivity contribution in [1.29, 1.82) is 0 Å². The van der Waals surface area contributed by atoms with Gasteiger partial charge in [0.25, 0.3) is 0 Å². The summed E-state index contributed by atoms with van der Waals surface area (Å²) in [5, 5.41) is 0. The van der Waals surface area contributed by atoms with Crippen molar-refractivity contribution in [3.63, 3.8) is 0 Å². The molecule has 0 rings (SSSR count). The Morgan fingerprint density at radius 3 is 1.25 bits per heavy atom. The molecule has 0 amide bonds. The van der Waals surface area contributed by atoms with E-state index in [1.807, 2.05) is 35.3 Å². The van der Waals surface area contributed by atoms with Crippen molar-refractivity contribution in [2.45, 2.75) is 11.0 Å². The standard InChI is InChI=1S/C15H32S9/c16-2-6-20-10-9-19-5-1-15(23-13-11-21-7-3-17)24-14-12-22-8-4-18/h15-18H,1-14H2. The SMILES string of the molecule is SCCSCCSCCC(SCCSCCS)SCCSCCS. The molecule has 0 aliphatic carbocycles. The van der Waals surface area contributed by atoms with Gasteiger partial charge in [0.1, 0.15) is 0 Å². The van der Waals surface area contributed by atoms with Crippen molar-refractivity contribution in [2.24, 2.45) is 0 Å². The van der Waals surface area contributed by atoms with E-state index in [1.54, 1.807) is 0 Å². The molecule has 0 unspecified atom stereocenters. The fourth-order valence-corrected chi connectivity index (χ4v) is 9.37. The molecule has 0 aromatic heterocycles. The molecule has 9 heteroatoms. The number of rotatable bonds is 20. The van der Waals surface area contributed by atoms with E-state index in [1.165, 1.54) is 63.9 Å². The largest absolute Gasteiger partial charge is 0.179 e. The summed E-state index contributed by atoms with van der Waals surface area (Å²) in [6.07, 6.45) is 1.34. The van der Waals surface area contributed by atoms with Crippen LogP contribution in [-0.2, 0) is 0 Å². The smallest absolute Gasteiger partial charge is 0.0510 e. The number of hydrogen-bond acceptors (Lipinski definition) is 9. The van der Waals surface area contributed by atoms with Gasteiger partial charge in [0.2, 0.25) is 0 Å². The topological polar surface area (TPSA) is 0 Å². The van der Waals surface area contributed by atoms with Crippen LogP contribution in [0.1, 0.15) is 6.42 Å². The third-order valence-electron chi connectivity index (χ3n) is 2.64. The highest BCUT2D eigenvalue weighted by Crippen LogP contribution is 2.29. The Bertz CT molecular complexity index is 217. The Labute approximate surface area is 192 Å². The van der Waals surface area contributed by atoms with E-state index in [0.717, 1.165) is 21.8 Å². The summed E-state index contributed by atoms with van der Waals surface area (Å²) >= 11 is 25.4. The quantitative estimate of drug-likeness (QED) is 0.107. The Morgan fingerprint density at radius 2 is 0.833 bits per heavy atom. The molecule has 0 saturated carbocycles. The van der Waals surface area contributed by atoms with Gasteiger partial charge in [0.15, 0.2) is 0 Å². The summed E-state index contributed by atoms with van der Waals surface area (Å²) < 4.78 is 0.774. The molecule has 0 bridgehead atoms. The van der Waals surface area contributed by atoms with Crippen LogP contribution >= 0.6 is 108 Å². The lowest BCUT2D eigenvalue weighted by Gasteiger charge is -2.16. The molecule has 0 aliphatic rings. The number of thiol groups is 3. The molecule has 24 heavy (non-hydrogen) atoms. The molecule has 0 N–H and O–H groups in total. The minimum atomic E-state index is 0.774. The minimum Gasteiger partial charge on any atom is -0.179 e. The molecule has 0 aromatic rings. The van der Waals surface area contributed by atoms with Crippen LogP contribution in [0, 0.1) is 0 Å². The van der Waals surface area contributed by atoms with Crippen LogP contribution in [0.25, 0.3) is 0 Å². The lowest BCUT2D eigenvalue weighted by Crippen LogP contribution is -2.05. The van der Waals surface area contributed by atoms with Gasteiger partial charge in [-0.05, 0) is 29.4 Å². The predicted octanol–water partition coefficient (Wildman–Crippen LogP) is 5.89. The van der Waals surface area contributed by atoms with Gasteiger partial charge in [-0.2, -0.15) is 84.9 Å². The van der Waals surface area contributed by atoms with E-state index < -0.39 is 0 Å². The predicted molar refractivity (Wildman–Crippen MR) is 144 cm³/mol. The maximum absolute atomic E-state index is 4.28.